The summed E-state index contributed by atoms with van der Waals surface area (Å²) in [5.74, 6) is 0.891. The Kier molecular flexibility index (Phi) is 6.35. The summed E-state index contributed by atoms with van der Waals surface area (Å²) in [4.78, 5) is 8.63. The lowest BCUT2D eigenvalue weighted by Crippen LogP contribution is -2.45. The molecule has 2 aromatic rings. The van der Waals surface area contributed by atoms with Crippen LogP contribution >= 0.6 is 11.6 Å². The monoisotopic (exact) mass is 471 g/mol. The molecule has 2 aliphatic heterocycles. The smallest absolute Gasteiger partial charge is 0.229 e. The van der Waals surface area contributed by atoms with E-state index >= 15 is 0 Å². The van der Waals surface area contributed by atoms with Crippen molar-refractivity contribution in [1.82, 2.24) is 24.5 Å². The molecule has 11 nitrogen and oxygen atoms in total. The zero-order valence-electron chi connectivity index (χ0n) is 17.4. The lowest BCUT2D eigenvalue weighted by Gasteiger charge is -2.19. The van der Waals surface area contributed by atoms with Crippen molar-refractivity contribution in [2.45, 2.75) is 38.1 Å². The molecule has 2 saturated heterocycles. The predicted octanol–water partition coefficient (Wildman–Crippen LogP) is 1.13. The Morgan fingerprint density at radius 1 is 1.23 bits per heavy atom. The topological polar surface area (TPSA) is 132 Å². The molecule has 170 valence electrons. The molecule has 2 fully saturated rings. The SMILES string of the molecule is CC(C)CS(=O)(=O)NC1COC2C(Nc3nc(Nc4cnn(C)c4)ncc3Cl)COC12. The molecule has 4 atom stereocenters. The summed E-state index contributed by atoms with van der Waals surface area (Å²) in [6.07, 6.45) is 4.25. The van der Waals surface area contributed by atoms with Crippen LogP contribution in [0.5, 0.6) is 0 Å². The van der Waals surface area contributed by atoms with Crippen molar-refractivity contribution >= 4 is 39.1 Å². The second kappa shape index (κ2) is 8.87. The van der Waals surface area contributed by atoms with Crippen molar-refractivity contribution in [3.05, 3.63) is 23.6 Å². The van der Waals surface area contributed by atoms with Crippen molar-refractivity contribution in [1.29, 1.82) is 0 Å². The zero-order valence-corrected chi connectivity index (χ0v) is 19.0. The van der Waals surface area contributed by atoms with Gasteiger partial charge in [-0.05, 0) is 5.92 Å². The number of sulfonamides is 1. The first-order chi connectivity index (χ1) is 14.7. The van der Waals surface area contributed by atoms with Gasteiger partial charge < -0.3 is 20.1 Å². The standard InChI is InChI=1S/C18H26ClN7O4S/c1-10(2)9-31(27,28)25-14-8-30-15-13(7-29-16(14)15)23-17-12(19)5-20-18(24-17)22-11-4-21-26(3)6-11/h4-6,10,13-16,25H,7-9H2,1-3H3,(H2,20,22,23,24). The van der Waals surface area contributed by atoms with E-state index in [4.69, 9.17) is 21.1 Å². The highest BCUT2D eigenvalue weighted by Gasteiger charge is 2.49. The molecule has 3 N–H and O–H groups in total. The van der Waals surface area contributed by atoms with E-state index in [0.717, 1.165) is 5.69 Å². The number of anilines is 3. The summed E-state index contributed by atoms with van der Waals surface area (Å²) in [6, 6.07) is -0.660. The molecule has 4 rings (SSSR count). The van der Waals surface area contributed by atoms with E-state index in [2.05, 4.69) is 30.4 Å². The van der Waals surface area contributed by atoms with Crippen molar-refractivity contribution in [3.63, 3.8) is 0 Å². The van der Waals surface area contributed by atoms with Crippen LogP contribution in [0.1, 0.15) is 13.8 Å². The molecule has 0 spiro atoms. The Bertz CT molecular complexity index is 1030. The van der Waals surface area contributed by atoms with Gasteiger partial charge >= 0.3 is 0 Å². The third-order valence-corrected chi connectivity index (χ3v) is 7.01. The molecule has 13 heteroatoms. The molecule has 0 aliphatic carbocycles. The van der Waals surface area contributed by atoms with Crippen LogP contribution in [0.15, 0.2) is 18.6 Å². The number of halogens is 1. The van der Waals surface area contributed by atoms with Crippen LogP contribution in [0.4, 0.5) is 17.5 Å². The van der Waals surface area contributed by atoms with Crippen molar-refractivity contribution in [3.8, 4) is 0 Å². The molecular weight excluding hydrogens is 446 g/mol. The van der Waals surface area contributed by atoms with Crippen LogP contribution in [0.3, 0.4) is 0 Å². The third kappa shape index (κ3) is 5.26. The maximum Gasteiger partial charge on any atom is 0.229 e. The molecular formula is C18H26ClN7O4S. The van der Waals surface area contributed by atoms with E-state index < -0.39 is 16.1 Å². The lowest BCUT2D eigenvalue weighted by atomic mass is 10.1. The van der Waals surface area contributed by atoms with E-state index in [1.165, 1.54) is 6.20 Å². The van der Waals surface area contributed by atoms with Gasteiger partial charge in [0.1, 0.15) is 17.2 Å². The van der Waals surface area contributed by atoms with Gasteiger partial charge in [0, 0.05) is 13.2 Å². The van der Waals surface area contributed by atoms with Crippen LogP contribution < -0.4 is 15.4 Å². The summed E-state index contributed by atoms with van der Waals surface area (Å²) in [6.45, 7) is 4.31. The molecule has 4 unspecified atom stereocenters. The molecule has 0 amide bonds. The Morgan fingerprint density at radius 2 is 1.94 bits per heavy atom. The number of aryl methyl sites for hydroxylation is 1. The summed E-state index contributed by atoms with van der Waals surface area (Å²) < 4.78 is 40.7. The molecule has 0 bridgehead atoms. The zero-order chi connectivity index (χ0) is 22.2. The summed E-state index contributed by atoms with van der Waals surface area (Å²) >= 11 is 6.28. The summed E-state index contributed by atoms with van der Waals surface area (Å²) in [7, 11) is -1.59. The van der Waals surface area contributed by atoms with Gasteiger partial charge in [0.2, 0.25) is 16.0 Å². The lowest BCUT2D eigenvalue weighted by molar-refractivity contribution is 0.0690. The average Bonchev–Trinajstić information content (AvgIpc) is 3.36. The van der Waals surface area contributed by atoms with Gasteiger partial charge in [-0.2, -0.15) is 10.1 Å². The second-order valence-electron chi connectivity index (χ2n) is 8.16. The van der Waals surface area contributed by atoms with Gasteiger partial charge in [-0.15, -0.1) is 0 Å². The van der Waals surface area contributed by atoms with Crippen molar-refractivity contribution in [2.75, 3.05) is 29.6 Å². The maximum absolute atomic E-state index is 12.3. The largest absolute Gasteiger partial charge is 0.371 e. The van der Waals surface area contributed by atoms with Crippen molar-refractivity contribution in [2.24, 2.45) is 13.0 Å². The minimum atomic E-state index is -3.41. The van der Waals surface area contributed by atoms with Gasteiger partial charge in [0.25, 0.3) is 0 Å². The first-order valence-corrected chi connectivity index (χ1v) is 12.0. The quantitative estimate of drug-likeness (QED) is 0.518. The molecule has 0 aromatic carbocycles. The molecule has 2 aliphatic rings. The molecule has 31 heavy (non-hydrogen) atoms. The third-order valence-electron chi connectivity index (χ3n) is 4.96. The van der Waals surface area contributed by atoms with E-state index in [9.17, 15) is 8.42 Å². The van der Waals surface area contributed by atoms with Crippen LogP contribution in [0.25, 0.3) is 0 Å². The van der Waals surface area contributed by atoms with Crippen LogP contribution in [0.2, 0.25) is 5.02 Å². The first kappa shape index (κ1) is 22.2. The van der Waals surface area contributed by atoms with E-state index in [1.807, 2.05) is 20.9 Å². The Balaban J connectivity index is 1.41. The van der Waals surface area contributed by atoms with E-state index in [-0.39, 0.29) is 36.5 Å². The fraction of sp³-hybridized carbons (Fsp3) is 0.611. The van der Waals surface area contributed by atoms with Gasteiger partial charge in [-0.25, -0.2) is 18.1 Å². The number of nitrogens with one attached hydrogen (secondary N) is 3. The maximum atomic E-state index is 12.3. The number of hydrogen-bond donors (Lipinski definition) is 3. The Labute approximate surface area is 185 Å². The number of hydrogen-bond acceptors (Lipinski definition) is 9. The van der Waals surface area contributed by atoms with Gasteiger partial charge in [-0.1, -0.05) is 25.4 Å². The minimum absolute atomic E-state index is 0.0314. The molecule has 2 aromatic heterocycles. The average molecular weight is 472 g/mol. The Morgan fingerprint density at radius 3 is 2.61 bits per heavy atom. The second-order valence-corrected chi connectivity index (χ2v) is 10.4. The molecule has 0 radical (unpaired) electrons. The number of rotatable bonds is 8. The number of aromatic nitrogens is 4. The number of nitrogens with zero attached hydrogens (tertiary/aromatic N) is 4. The van der Waals surface area contributed by atoms with Crippen molar-refractivity contribution < 1.29 is 17.9 Å². The Hall–Kier alpha value is -1.99. The van der Waals surface area contributed by atoms with E-state index in [0.29, 0.717) is 23.4 Å². The number of ether oxygens (including phenoxy) is 2. The van der Waals surface area contributed by atoms with E-state index in [1.54, 1.807) is 17.1 Å². The molecule has 0 saturated carbocycles. The fourth-order valence-corrected chi connectivity index (χ4v) is 5.54. The van der Waals surface area contributed by atoms with Crippen LogP contribution in [0, 0.1) is 5.92 Å². The number of fused-ring (bicyclic) bond motifs is 1. The predicted molar refractivity (Wildman–Crippen MR) is 116 cm³/mol. The highest BCUT2D eigenvalue weighted by atomic mass is 35.5. The van der Waals surface area contributed by atoms with Gasteiger partial charge in [0.05, 0.1) is 49.1 Å². The fourth-order valence-electron chi connectivity index (χ4n) is 3.76. The first-order valence-electron chi connectivity index (χ1n) is 9.98. The summed E-state index contributed by atoms with van der Waals surface area (Å²) in [5, 5.41) is 10.8. The highest BCUT2D eigenvalue weighted by Crippen LogP contribution is 2.31. The van der Waals surface area contributed by atoms with Gasteiger partial charge in [0.15, 0.2) is 5.82 Å². The minimum Gasteiger partial charge on any atom is -0.371 e. The van der Waals surface area contributed by atoms with Crippen LogP contribution in [-0.2, 0) is 26.5 Å². The van der Waals surface area contributed by atoms with Crippen LogP contribution in [-0.4, -0.2) is 71.4 Å². The van der Waals surface area contributed by atoms with Gasteiger partial charge in [-0.3, -0.25) is 4.68 Å². The molecule has 4 heterocycles. The normalized spacial score (nSPS) is 25.7. The summed E-state index contributed by atoms with van der Waals surface area (Å²) in [5.41, 5.74) is 0.746. The highest BCUT2D eigenvalue weighted by molar-refractivity contribution is 7.89.